The first kappa shape index (κ1) is 21.2. The summed E-state index contributed by atoms with van der Waals surface area (Å²) in [5, 5.41) is 0.540. The molecule has 7 heteroatoms. The highest BCUT2D eigenvalue weighted by Gasteiger charge is 2.23. The molecular formula is C22H28FN4OS+. The molecule has 0 saturated heterocycles. The number of nitrogens with one attached hydrogen (secondary N) is 1. The third kappa shape index (κ3) is 4.74. The van der Waals surface area contributed by atoms with E-state index in [-0.39, 0.29) is 11.7 Å². The van der Waals surface area contributed by atoms with Crippen LogP contribution in [0.4, 0.5) is 15.2 Å². The molecule has 0 spiro atoms. The lowest BCUT2D eigenvalue weighted by molar-refractivity contribution is -0.894. The van der Waals surface area contributed by atoms with E-state index >= 15 is 0 Å². The monoisotopic (exact) mass is 415 g/mol. The lowest BCUT2D eigenvalue weighted by Crippen LogP contribution is -3.12. The SMILES string of the molecule is CC[NH+](CC)CCN(C(=O)c1ccc(N(C)C)cc1)c1nc2c(F)cccc2s1. The van der Waals surface area contributed by atoms with Crippen LogP contribution in [0.5, 0.6) is 0 Å². The van der Waals surface area contributed by atoms with Crippen molar-refractivity contribution in [3.05, 3.63) is 53.8 Å². The molecule has 3 rings (SSSR count). The fourth-order valence-corrected chi connectivity index (χ4v) is 4.24. The molecule has 5 nitrogen and oxygen atoms in total. The van der Waals surface area contributed by atoms with E-state index in [2.05, 4.69) is 18.8 Å². The smallest absolute Gasteiger partial charge is 0.260 e. The second-order valence-corrected chi connectivity index (χ2v) is 8.20. The second-order valence-electron chi connectivity index (χ2n) is 7.19. The van der Waals surface area contributed by atoms with Crippen LogP contribution in [0.25, 0.3) is 10.2 Å². The van der Waals surface area contributed by atoms with Gasteiger partial charge in [0.1, 0.15) is 11.3 Å². The van der Waals surface area contributed by atoms with Gasteiger partial charge in [-0.1, -0.05) is 17.4 Å². The number of carbonyl (C=O) groups excluding carboxylic acids is 1. The summed E-state index contributed by atoms with van der Waals surface area (Å²) < 4.78 is 14.9. The molecule has 0 saturated carbocycles. The zero-order valence-corrected chi connectivity index (χ0v) is 18.2. The van der Waals surface area contributed by atoms with Crippen molar-refractivity contribution in [3.63, 3.8) is 0 Å². The Bertz CT molecular complexity index is 967. The maximum absolute atomic E-state index is 14.2. The van der Waals surface area contributed by atoms with E-state index in [4.69, 9.17) is 0 Å². The first-order valence-electron chi connectivity index (χ1n) is 9.92. The number of amides is 1. The van der Waals surface area contributed by atoms with Crippen molar-refractivity contribution in [3.8, 4) is 0 Å². The average Bonchev–Trinajstić information content (AvgIpc) is 3.16. The average molecular weight is 416 g/mol. The van der Waals surface area contributed by atoms with Gasteiger partial charge >= 0.3 is 0 Å². The van der Waals surface area contributed by atoms with Crippen LogP contribution in [0.1, 0.15) is 24.2 Å². The van der Waals surface area contributed by atoms with E-state index in [9.17, 15) is 9.18 Å². The molecule has 29 heavy (non-hydrogen) atoms. The summed E-state index contributed by atoms with van der Waals surface area (Å²) in [6, 6.07) is 12.4. The first-order chi connectivity index (χ1) is 13.9. The number of benzene rings is 2. The minimum absolute atomic E-state index is 0.110. The Morgan fingerprint density at radius 2 is 1.79 bits per heavy atom. The van der Waals surface area contributed by atoms with E-state index in [1.54, 1.807) is 11.0 Å². The number of fused-ring (bicyclic) bond motifs is 1. The second kappa shape index (κ2) is 9.33. The van der Waals surface area contributed by atoms with Gasteiger partial charge in [0.15, 0.2) is 5.13 Å². The molecule has 1 amide bonds. The number of hydrogen-bond donors (Lipinski definition) is 1. The van der Waals surface area contributed by atoms with Crippen molar-refractivity contribution in [2.24, 2.45) is 0 Å². The third-order valence-electron chi connectivity index (χ3n) is 5.15. The Labute approximate surface area is 175 Å². The molecule has 2 aromatic carbocycles. The maximum Gasteiger partial charge on any atom is 0.260 e. The number of likely N-dealkylation sites (N-methyl/N-ethyl adjacent to an activating group) is 1. The number of halogens is 1. The van der Waals surface area contributed by atoms with Crippen molar-refractivity contribution < 1.29 is 14.1 Å². The minimum atomic E-state index is -0.359. The molecule has 0 atom stereocenters. The van der Waals surface area contributed by atoms with Gasteiger partial charge < -0.3 is 9.80 Å². The van der Waals surface area contributed by atoms with Crippen LogP contribution in [-0.4, -0.2) is 51.2 Å². The Hall–Kier alpha value is -2.51. The van der Waals surface area contributed by atoms with Crippen LogP contribution < -0.4 is 14.7 Å². The van der Waals surface area contributed by atoms with Gasteiger partial charge in [-0.05, 0) is 50.2 Å². The Morgan fingerprint density at radius 3 is 2.38 bits per heavy atom. The van der Waals surface area contributed by atoms with Crippen LogP contribution in [0.2, 0.25) is 0 Å². The number of carbonyl (C=O) groups is 1. The van der Waals surface area contributed by atoms with Crippen molar-refractivity contribution in [2.45, 2.75) is 13.8 Å². The number of nitrogens with zero attached hydrogens (tertiary/aromatic N) is 3. The number of rotatable bonds is 8. The fourth-order valence-electron chi connectivity index (χ4n) is 3.23. The molecule has 0 unspecified atom stereocenters. The Balaban J connectivity index is 1.94. The number of thiazole rings is 1. The zero-order valence-electron chi connectivity index (χ0n) is 17.4. The highest BCUT2D eigenvalue weighted by Crippen LogP contribution is 2.31. The van der Waals surface area contributed by atoms with Crippen molar-refractivity contribution >= 4 is 38.3 Å². The predicted molar refractivity (Wildman–Crippen MR) is 119 cm³/mol. The van der Waals surface area contributed by atoms with Crippen LogP contribution >= 0.6 is 11.3 Å². The standard InChI is InChI=1S/C22H27FN4OS/c1-5-26(6-2)14-15-27(21(28)16-10-12-17(13-11-16)25(3)4)22-24-20-18(23)8-7-9-19(20)29-22/h7-13H,5-6,14-15H2,1-4H3/p+1. The van der Waals surface area contributed by atoms with Crippen LogP contribution in [0.3, 0.4) is 0 Å². The number of anilines is 2. The largest absolute Gasteiger partial charge is 0.378 e. The van der Waals surface area contributed by atoms with Crippen LogP contribution in [0.15, 0.2) is 42.5 Å². The summed E-state index contributed by atoms with van der Waals surface area (Å²) in [5.41, 5.74) is 1.95. The van der Waals surface area contributed by atoms with Crippen LogP contribution in [0, 0.1) is 5.82 Å². The van der Waals surface area contributed by atoms with E-state index in [1.165, 1.54) is 22.3 Å². The summed E-state index contributed by atoms with van der Waals surface area (Å²) in [5.74, 6) is -0.469. The molecule has 1 heterocycles. The summed E-state index contributed by atoms with van der Waals surface area (Å²) in [7, 11) is 3.93. The van der Waals surface area contributed by atoms with Gasteiger partial charge in [0.2, 0.25) is 0 Å². The van der Waals surface area contributed by atoms with Crippen LogP contribution in [-0.2, 0) is 0 Å². The number of aromatic nitrogens is 1. The van der Waals surface area contributed by atoms with Gasteiger partial charge in [0.25, 0.3) is 5.91 Å². The Kier molecular flexibility index (Phi) is 6.82. The van der Waals surface area contributed by atoms with Gasteiger partial charge in [-0.3, -0.25) is 9.69 Å². The molecule has 1 aromatic heterocycles. The normalized spacial score (nSPS) is 11.2. The summed E-state index contributed by atoms with van der Waals surface area (Å²) >= 11 is 1.35. The van der Waals surface area contributed by atoms with Gasteiger partial charge in [0.05, 0.1) is 30.9 Å². The zero-order chi connectivity index (χ0) is 21.0. The Morgan fingerprint density at radius 1 is 1.10 bits per heavy atom. The van der Waals surface area contributed by atoms with E-state index < -0.39 is 0 Å². The highest BCUT2D eigenvalue weighted by molar-refractivity contribution is 7.22. The van der Waals surface area contributed by atoms with Crippen molar-refractivity contribution in [1.82, 2.24) is 4.98 Å². The predicted octanol–water partition coefficient (Wildman–Crippen LogP) is 3.07. The van der Waals surface area contributed by atoms with Gasteiger partial charge in [0, 0.05) is 25.3 Å². The topological polar surface area (TPSA) is 40.9 Å². The molecule has 154 valence electrons. The van der Waals surface area contributed by atoms with Gasteiger partial charge in [-0.2, -0.15) is 0 Å². The lowest BCUT2D eigenvalue weighted by atomic mass is 10.1. The molecule has 3 aromatic rings. The molecule has 0 aliphatic heterocycles. The number of para-hydroxylation sites is 1. The molecule has 0 fully saturated rings. The lowest BCUT2D eigenvalue weighted by Gasteiger charge is -2.23. The van der Waals surface area contributed by atoms with Crippen molar-refractivity contribution in [2.75, 3.05) is 50.1 Å². The van der Waals surface area contributed by atoms with Gasteiger partial charge in [-0.15, -0.1) is 0 Å². The third-order valence-corrected chi connectivity index (χ3v) is 6.20. The molecule has 0 aliphatic rings. The molecular weight excluding hydrogens is 387 g/mol. The van der Waals surface area contributed by atoms with Crippen molar-refractivity contribution in [1.29, 1.82) is 0 Å². The maximum atomic E-state index is 14.2. The minimum Gasteiger partial charge on any atom is -0.378 e. The molecule has 1 N–H and O–H groups in total. The number of quaternary nitrogens is 1. The summed E-state index contributed by atoms with van der Waals surface area (Å²) in [4.78, 5) is 22.9. The van der Waals surface area contributed by atoms with E-state index in [0.29, 0.717) is 22.8 Å². The fraction of sp³-hybridized carbons (Fsp3) is 0.364. The molecule has 0 radical (unpaired) electrons. The van der Waals surface area contributed by atoms with Gasteiger partial charge in [-0.25, -0.2) is 9.37 Å². The molecule has 0 bridgehead atoms. The highest BCUT2D eigenvalue weighted by atomic mass is 32.1. The summed E-state index contributed by atoms with van der Waals surface area (Å²) in [6.45, 7) is 7.60. The number of hydrogen-bond acceptors (Lipinski definition) is 4. The quantitative estimate of drug-likeness (QED) is 0.615. The molecule has 0 aliphatic carbocycles. The van der Waals surface area contributed by atoms with E-state index in [0.717, 1.165) is 30.0 Å². The summed E-state index contributed by atoms with van der Waals surface area (Å²) in [6.07, 6.45) is 0. The van der Waals surface area contributed by atoms with E-state index in [1.807, 2.05) is 49.3 Å². The first-order valence-corrected chi connectivity index (χ1v) is 10.7.